The maximum atomic E-state index is 12.5. The Bertz CT molecular complexity index is 748. The summed E-state index contributed by atoms with van der Waals surface area (Å²) < 4.78 is 5.20. The van der Waals surface area contributed by atoms with Gasteiger partial charge in [-0.25, -0.2) is 0 Å². The van der Waals surface area contributed by atoms with Crippen LogP contribution in [0.15, 0.2) is 24.3 Å². The lowest BCUT2D eigenvalue weighted by atomic mass is 9.77. The van der Waals surface area contributed by atoms with E-state index in [1.54, 1.807) is 6.07 Å². The second-order valence-electron chi connectivity index (χ2n) is 8.25. The van der Waals surface area contributed by atoms with Gasteiger partial charge in [-0.15, -0.1) is 0 Å². The van der Waals surface area contributed by atoms with Crippen LogP contribution in [0.4, 0.5) is 5.69 Å². The molecule has 28 heavy (non-hydrogen) atoms. The minimum absolute atomic E-state index is 0.0252. The fourth-order valence-corrected chi connectivity index (χ4v) is 4.36. The zero-order valence-electron chi connectivity index (χ0n) is 16.9. The monoisotopic (exact) mass is 386 g/mol. The highest BCUT2D eigenvalue weighted by atomic mass is 16.5. The van der Waals surface area contributed by atoms with Crippen LogP contribution in [0.25, 0.3) is 0 Å². The predicted octanol–water partition coefficient (Wildman–Crippen LogP) is 3.15. The number of hydrogen-bond donors (Lipinski definition) is 1. The second kappa shape index (κ2) is 8.76. The zero-order chi connectivity index (χ0) is 20.3. The van der Waals surface area contributed by atoms with Gasteiger partial charge in [0.1, 0.15) is 0 Å². The molecule has 4 atom stereocenters. The number of hydrogen-bond acceptors (Lipinski definition) is 4. The first-order valence-corrected chi connectivity index (χ1v) is 10.2. The molecular formula is C22H30N2O4. The standard InChI is InChI=1S/C22H30N2O4/c1-14-8-6-10-19(16(14)3)24-12-17(11-21(24)26)22(27)28-13-20(25)23-18-9-5-4-7-15(18)2/h4-5,7,9,14,16-17,19H,6,8,10-13H2,1-3H3,(H,23,25)/t14-,16-,17+,19-/m0/s1. The average Bonchev–Trinajstić information content (AvgIpc) is 3.05. The van der Waals surface area contributed by atoms with Crippen molar-refractivity contribution in [3.63, 3.8) is 0 Å². The van der Waals surface area contributed by atoms with Gasteiger partial charge in [-0.2, -0.15) is 0 Å². The molecule has 0 unspecified atom stereocenters. The summed E-state index contributed by atoms with van der Waals surface area (Å²) in [7, 11) is 0. The van der Waals surface area contributed by atoms with Gasteiger partial charge in [0.05, 0.1) is 5.92 Å². The van der Waals surface area contributed by atoms with Crippen LogP contribution in [0.1, 0.15) is 45.1 Å². The molecule has 0 bridgehead atoms. The zero-order valence-corrected chi connectivity index (χ0v) is 16.9. The maximum Gasteiger partial charge on any atom is 0.311 e. The van der Waals surface area contributed by atoms with Crippen LogP contribution in [0.5, 0.6) is 0 Å². The van der Waals surface area contributed by atoms with Crippen molar-refractivity contribution < 1.29 is 19.1 Å². The predicted molar refractivity (Wildman–Crippen MR) is 107 cm³/mol. The summed E-state index contributed by atoms with van der Waals surface area (Å²) >= 11 is 0. The highest BCUT2D eigenvalue weighted by molar-refractivity contribution is 5.94. The molecule has 1 aliphatic heterocycles. The summed E-state index contributed by atoms with van der Waals surface area (Å²) in [6.45, 7) is 6.39. The molecule has 1 heterocycles. The quantitative estimate of drug-likeness (QED) is 0.789. The van der Waals surface area contributed by atoms with Crippen molar-refractivity contribution in [2.75, 3.05) is 18.5 Å². The highest BCUT2D eigenvalue weighted by Gasteiger charge is 2.42. The second-order valence-corrected chi connectivity index (χ2v) is 8.25. The Morgan fingerprint density at radius 2 is 1.96 bits per heavy atom. The molecule has 1 aliphatic carbocycles. The first kappa shape index (κ1) is 20.4. The van der Waals surface area contributed by atoms with E-state index in [0.29, 0.717) is 24.1 Å². The molecule has 2 fully saturated rings. The summed E-state index contributed by atoms with van der Waals surface area (Å²) in [5.74, 6) is -0.277. The number of benzene rings is 1. The van der Waals surface area contributed by atoms with Gasteiger partial charge in [0.2, 0.25) is 5.91 Å². The Balaban J connectivity index is 1.50. The lowest BCUT2D eigenvalue weighted by molar-refractivity contribution is -0.151. The van der Waals surface area contributed by atoms with E-state index in [9.17, 15) is 14.4 Å². The van der Waals surface area contributed by atoms with Gasteiger partial charge in [0.15, 0.2) is 6.61 Å². The molecule has 2 amide bonds. The third-order valence-corrected chi connectivity index (χ3v) is 6.32. The fourth-order valence-electron chi connectivity index (χ4n) is 4.36. The van der Waals surface area contributed by atoms with Gasteiger partial charge in [-0.3, -0.25) is 14.4 Å². The van der Waals surface area contributed by atoms with Crippen molar-refractivity contribution in [1.82, 2.24) is 4.90 Å². The molecule has 0 spiro atoms. The molecule has 2 aliphatic rings. The van der Waals surface area contributed by atoms with Crippen molar-refractivity contribution in [2.24, 2.45) is 17.8 Å². The molecule has 6 heteroatoms. The van der Waals surface area contributed by atoms with Crippen LogP contribution in [0, 0.1) is 24.7 Å². The number of nitrogens with zero attached hydrogens (tertiary/aromatic N) is 1. The molecule has 1 N–H and O–H groups in total. The smallest absolute Gasteiger partial charge is 0.311 e. The van der Waals surface area contributed by atoms with Gasteiger partial charge >= 0.3 is 5.97 Å². The van der Waals surface area contributed by atoms with Crippen LogP contribution in [-0.4, -0.2) is 41.9 Å². The lowest BCUT2D eigenvalue weighted by Crippen LogP contribution is -2.45. The molecule has 1 aromatic rings. The Labute approximate surface area is 166 Å². The molecule has 0 radical (unpaired) electrons. The van der Waals surface area contributed by atoms with E-state index in [-0.39, 0.29) is 30.9 Å². The summed E-state index contributed by atoms with van der Waals surface area (Å²) in [6.07, 6.45) is 3.49. The number of carbonyl (C=O) groups excluding carboxylic acids is 3. The first-order valence-electron chi connectivity index (χ1n) is 10.2. The Morgan fingerprint density at radius 1 is 1.21 bits per heavy atom. The molecule has 0 aromatic heterocycles. The van der Waals surface area contributed by atoms with E-state index < -0.39 is 11.9 Å². The van der Waals surface area contributed by atoms with Crippen LogP contribution < -0.4 is 5.32 Å². The van der Waals surface area contributed by atoms with E-state index in [1.165, 1.54) is 6.42 Å². The van der Waals surface area contributed by atoms with Gasteiger partial charge in [0.25, 0.3) is 5.91 Å². The minimum atomic E-state index is -0.483. The number of carbonyl (C=O) groups is 3. The lowest BCUT2D eigenvalue weighted by Gasteiger charge is -2.39. The number of anilines is 1. The van der Waals surface area contributed by atoms with Crippen molar-refractivity contribution >= 4 is 23.5 Å². The normalized spacial score (nSPS) is 27.5. The molecule has 1 aromatic carbocycles. The number of para-hydroxylation sites is 1. The van der Waals surface area contributed by atoms with E-state index in [2.05, 4.69) is 19.2 Å². The Hall–Kier alpha value is -2.37. The number of esters is 1. The van der Waals surface area contributed by atoms with Crippen molar-refractivity contribution in [2.45, 2.75) is 52.5 Å². The van der Waals surface area contributed by atoms with E-state index in [4.69, 9.17) is 4.74 Å². The van der Waals surface area contributed by atoms with Crippen molar-refractivity contribution in [1.29, 1.82) is 0 Å². The molecule has 152 valence electrons. The maximum absolute atomic E-state index is 12.5. The van der Waals surface area contributed by atoms with Gasteiger partial charge in [-0.1, -0.05) is 44.9 Å². The average molecular weight is 386 g/mol. The van der Waals surface area contributed by atoms with Gasteiger partial charge in [-0.05, 0) is 36.8 Å². The van der Waals surface area contributed by atoms with E-state index in [0.717, 1.165) is 18.4 Å². The van der Waals surface area contributed by atoms with Gasteiger partial charge < -0.3 is 15.0 Å². The summed E-state index contributed by atoms with van der Waals surface area (Å²) in [4.78, 5) is 38.9. The van der Waals surface area contributed by atoms with E-state index >= 15 is 0 Å². The number of likely N-dealkylation sites (tertiary alicyclic amines) is 1. The van der Waals surface area contributed by atoms with E-state index in [1.807, 2.05) is 30.0 Å². The summed E-state index contributed by atoms with van der Waals surface area (Å²) in [5.41, 5.74) is 1.64. The third-order valence-electron chi connectivity index (χ3n) is 6.32. The fraction of sp³-hybridized carbons (Fsp3) is 0.591. The number of aryl methyl sites for hydroxylation is 1. The molecule has 6 nitrogen and oxygen atoms in total. The van der Waals surface area contributed by atoms with Crippen LogP contribution in [-0.2, 0) is 19.1 Å². The topological polar surface area (TPSA) is 75.7 Å². The number of rotatable bonds is 5. The molecule has 1 saturated heterocycles. The van der Waals surface area contributed by atoms with Crippen LogP contribution >= 0.6 is 0 Å². The Kier molecular flexibility index (Phi) is 6.37. The SMILES string of the molecule is Cc1ccccc1NC(=O)COC(=O)[C@@H]1CC(=O)N([C@H]2CCC[C@H](C)[C@@H]2C)C1. The summed E-state index contributed by atoms with van der Waals surface area (Å²) in [6, 6.07) is 7.63. The highest BCUT2D eigenvalue weighted by Crippen LogP contribution is 2.35. The number of ether oxygens (including phenoxy) is 1. The van der Waals surface area contributed by atoms with Crippen LogP contribution in [0.3, 0.4) is 0 Å². The van der Waals surface area contributed by atoms with Gasteiger partial charge in [0, 0.05) is 24.7 Å². The largest absolute Gasteiger partial charge is 0.455 e. The summed E-state index contributed by atoms with van der Waals surface area (Å²) in [5, 5.41) is 2.74. The number of nitrogens with one attached hydrogen (secondary N) is 1. The van der Waals surface area contributed by atoms with Crippen molar-refractivity contribution in [3.8, 4) is 0 Å². The molecule has 1 saturated carbocycles. The first-order chi connectivity index (χ1) is 13.4. The Morgan fingerprint density at radius 3 is 2.71 bits per heavy atom. The van der Waals surface area contributed by atoms with Crippen LogP contribution in [0.2, 0.25) is 0 Å². The minimum Gasteiger partial charge on any atom is -0.455 e. The van der Waals surface area contributed by atoms with Crippen molar-refractivity contribution in [3.05, 3.63) is 29.8 Å². The molecular weight excluding hydrogens is 356 g/mol. The number of amides is 2. The third kappa shape index (κ3) is 4.54. The molecule has 3 rings (SSSR count).